The van der Waals surface area contributed by atoms with Crippen LogP contribution in [0.15, 0.2) is 30.5 Å². The number of rotatable bonds is 4. The van der Waals surface area contributed by atoms with Gasteiger partial charge in [0.2, 0.25) is 0 Å². The number of anilines is 1. The molecule has 0 radical (unpaired) electrons. The van der Waals surface area contributed by atoms with Gasteiger partial charge >= 0.3 is 0 Å². The highest BCUT2D eigenvalue weighted by Crippen LogP contribution is 2.25. The molecule has 1 unspecified atom stereocenters. The van der Waals surface area contributed by atoms with E-state index in [4.69, 9.17) is 11.5 Å². The molecule has 1 aromatic heterocycles. The molecule has 5 N–H and O–H groups in total. The maximum absolute atomic E-state index is 11.4. The van der Waals surface area contributed by atoms with Crippen molar-refractivity contribution in [1.82, 2.24) is 4.98 Å². The van der Waals surface area contributed by atoms with Crippen LogP contribution in [-0.4, -0.2) is 23.5 Å². The molecule has 1 aromatic carbocycles. The second-order valence-corrected chi connectivity index (χ2v) is 4.29. The molecule has 1 atom stereocenters. The molecule has 5 heteroatoms. The number of amides is 1. The van der Waals surface area contributed by atoms with Crippen molar-refractivity contribution in [3.05, 3.63) is 36.0 Å². The number of aromatic nitrogens is 1. The number of benzene rings is 1. The third-order valence-electron chi connectivity index (χ3n) is 2.64. The van der Waals surface area contributed by atoms with E-state index in [9.17, 15) is 4.79 Å². The average Bonchev–Trinajstić information content (AvgIpc) is 2.35. The second-order valence-electron chi connectivity index (χ2n) is 4.29. The van der Waals surface area contributed by atoms with Crippen LogP contribution >= 0.6 is 0 Å². The van der Waals surface area contributed by atoms with Crippen molar-refractivity contribution in [3.8, 4) is 0 Å². The van der Waals surface area contributed by atoms with Gasteiger partial charge in [-0.25, -0.2) is 0 Å². The average molecular weight is 244 g/mol. The highest BCUT2D eigenvalue weighted by Gasteiger charge is 2.12. The molecule has 5 nitrogen and oxygen atoms in total. The number of hydrogen-bond acceptors (Lipinski definition) is 4. The van der Waals surface area contributed by atoms with Gasteiger partial charge in [0, 0.05) is 24.2 Å². The van der Waals surface area contributed by atoms with Crippen molar-refractivity contribution in [3.63, 3.8) is 0 Å². The van der Waals surface area contributed by atoms with Crippen LogP contribution in [0.4, 0.5) is 5.69 Å². The Labute approximate surface area is 105 Å². The molecule has 0 aliphatic carbocycles. The molecule has 0 bridgehead atoms. The molecule has 0 saturated carbocycles. The maximum Gasteiger partial charge on any atom is 0.252 e. The van der Waals surface area contributed by atoms with E-state index in [0.717, 1.165) is 10.9 Å². The summed E-state index contributed by atoms with van der Waals surface area (Å²) in [7, 11) is 0. The van der Waals surface area contributed by atoms with Gasteiger partial charge in [-0.15, -0.1) is 0 Å². The molecule has 2 rings (SSSR count). The number of carbonyl (C=O) groups excluding carboxylic acids is 1. The predicted molar refractivity (Wildman–Crippen MR) is 72.4 cm³/mol. The summed E-state index contributed by atoms with van der Waals surface area (Å²) in [6, 6.07) is 7.56. The molecule has 0 aliphatic rings. The van der Waals surface area contributed by atoms with E-state index in [1.807, 2.05) is 31.2 Å². The summed E-state index contributed by atoms with van der Waals surface area (Å²) in [5.74, 6) is -0.500. The summed E-state index contributed by atoms with van der Waals surface area (Å²) >= 11 is 0. The van der Waals surface area contributed by atoms with Crippen LogP contribution in [0.5, 0.6) is 0 Å². The highest BCUT2D eigenvalue weighted by molar-refractivity contribution is 6.06. The summed E-state index contributed by atoms with van der Waals surface area (Å²) in [5.41, 5.74) is 13.0. The Kier molecular flexibility index (Phi) is 3.43. The second kappa shape index (κ2) is 5.01. The number of primary amides is 1. The number of carbonyl (C=O) groups is 1. The summed E-state index contributed by atoms with van der Waals surface area (Å²) in [6.07, 6.45) is 1.49. The molecule has 2 aromatic rings. The van der Waals surface area contributed by atoms with Crippen molar-refractivity contribution >= 4 is 22.5 Å². The Hall–Kier alpha value is -2.14. The van der Waals surface area contributed by atoms with Gasteiger partial charge in [-0.3, -0.25) is 9.78 Å². The minimum Gasteiger partial charge on any atom is -0.382 e. The van der Waals surface area contributed by atoms with E-state index in [0.29, 0.717) is 17.8 Å². The van der Waals surface area contributed by atoms with Crippen LogP contribution < -0.4 is 16.8 Å². The lowest BCUT2D eigenvalue weighted by Crippen LogP contribution is -2.26. The van der Waals surface area contributed by atoms with Crippen molar-refractivity contribution in [2.75, 3.05) is 11.9 Å². The van der Waals surface area contributed by atoms with Crippen molar-refractivity contribution in [2.24, 2.45) is 11.5 Å². The van der Waals surface area contributed by atoms with Crippen molar-refractivity contribution in [1.29, 1.82) is 0 Å². The maximum atomic E-state index is 11.4. The van der Waals surface area contributed by atoms with E-state index in [1.165, 1.54) is 6.20 Å². The fourth-order valence-electron chi connectivity index (χ4n) is 1.78. The zero-order valence-corrected chi connectivity index (χ0v) is 10.2. The van der Waals surface area contributed by atoms with Gasteiger partial charge < -0.3 is 16.8 Å². The highest BCUT2D eigenvalue weighted by atomic mass is 16.1. The van der Waals surface area contributed by atoms with Crippen LogP contribution in [0.1, 0.15) is 17.3 Å². The standard InChI is InChI=1S/C13H16N4O/c1-8(14)6-17-12-9-4-2-3-5-11(9)16-7-10(12)13(15)18/h2-5,7-8H,6,14H2,1H3,(H2,15,18)(H,16,17). The molecule has 18 heavy (non-hydrogen) atoms. The molecular formula is C13H16N4O. The van der Waals surface area contributed by atoms with E-state index in [-0.39, 0.29) is 6.04 Å². The van der Waals surface area contributed by atoms with Gasteiger partial charge in [0.15, 0.2) is 0 Å². The largest absolute Gasteiger partial charge is 0.382 e. The normalized spacial score (nSPS) is 12.3. The van der Waals surface area contributed by atoms with Gasteiger partial charge in [0.05, 0.1) is 16.8 Å². The topological polar surface area (TPSA) is 94.0 Å². The number of nitrogens with two attached hydrogens (primary N) is 2. The van der Waals surface area contributed by atoms with Crippen molar-refractivity contribution < 1.29 is 4.79 Å². The quantitative estimate of drug-likeness (QED) is 0.750. The zero-order chi connectivity index (χ0) is 13.1. The minimum atomic E-state index is -0.500. The van der Waals surface area contributed by atoms with Crippen molar-refractivity contribution in [2.45, 2.75) is 13.0 Å². The monoisotopic (exact) mass is 244 g/mol. The van der Waals surface area contributed by atoms with E-state index >= 15 is 0 Å². The van der Waals surface area contributed by atoms with Crippen LogP contribution in [0.2, 0.25) is 0 Å². The SMILES string of the molecule is CC(N)CNc1c(C(N)=O)cnc2ccccc12. The molecule has 1 amide bonds. The van der Waals surface area contributed by atoms with Gasteiger partial charge in [-0.05, 0) is 13.0 Å². The Morgan fingerprint density at radius 2 is 2.17 bits per heavy atom. The molecule has 0 fully saturated rings. The first-order valence-corrected chi connectivity index (χ1v) is 5.76. The Morgan fingerprint density at radius 1 is 1.44 bits per heavy atom. The fraction of sp³-hybridized carbons (Fsp3) is 0.231. The van der Waals surface area contributed by atoms with Gasteiger partial charge in [0.25, 0.3) is 5.91 Å². The van der Waals surface area contributed by atoms with Gasteiger partial charge in [-0.1, -0.05) is 18.2 Å². The fourth-order valence-corrected chi connectivity index (χ4v) is 1.78. The lowest BCUT2D eigenvalue weighted by Gasteiger charge is -2.14. The van der Waals surface area contributed by atoms with Crippen LogP contribution in [0.25, 0.3) is 10.9 Å². The van der Waals surface area contributed by atoms with E-state index in [1.54, 1.807) is 0 Å². The molecule has 0 aliphatic heterocycles. The Bertz CT molecular complexity index is 580. The molecule has 1 heterocycles. The van der Waals surface area contributed by atoms with Gasteiger partial charge in [0.1, 0.15) is 0 Å². The van der Waals surface area contributed by atoms with Gasteiger partial charge in [-0.2, -0.15) is 0 Å². The number of para-hydroxylation sites is 1. The molecule has 0 saturated heterocycles. The zero-order valence-electron chi connectivity index (χ0n) is 10.2. The van der Waals surface area contributed by atoms with Crippen LogP contribution in [0, 0.1) is 0 Å². The first-order valence-electron chi connectivity index (χ1n) is 5.76. The number of nitrogens with one attached hydrogen (secondary N) is 1. The lowest BCUT2D eigenvalue weighted by atomic mass is 10.1. The van der Waals surface area contributed by atoms with E-state index in [2.05, 4.69) is 10.3 Å². The lowest BCUT2D eigenvalue weighted by molar-refractivity contribution is 0.100. The van der Waals surface area contributed by atoms with Crippen LogP contribution in [-0.2, 0) is 0 Å². The third kappa shape index (κ3) is 2.41. The number of nitrogens with zero attached hydrogens (tertiary/aromatic N) is 1. The summed E-state index contributed by atoms with van der Waals surface area (Å²) in [6.45, 7) is 2.45. The third-order valence-corrected chi connectivity index (χ3v) is 2.64. The predicted octanol–water partition coefficient (Wildman–Crippen LogP) is 1.09. The van der Waals surface area contributed by atoms with Crippen LogP contribution in [0.3, 0.4) is 0 Å². The van der Waals surface area contributed by atoms with E-state index < -0.39 is 5.91 Å². The molecule has 0 spiro atoms. The number of fused-ring (bicyclic) bond motifs is 1. The summed E-state index contributed by atoms with van der Waals surface area (Å²) in [4.78, 5) is 15.6. The Morgan fingerprint density at radius 3 is 2.83 bits per heavy atom. The smallest absolute Gasteiger partial charge is 0.252 e. The molecular weight excluding hydrogens is 228 g/mol. The number of pyridine rings is 1. The summed E-state index contributed by atoms with van der Waals surface area (Å²) in [5, 5.41) is 4.04. The molecule has 94 valence electrons. The number of hydrogen-bond donors (Lipinski definition) is 3. The minimum absolute atomic E-state index is 0.0161. The first kappa shape index (κ1) is 12.3. The Balaban J connectivity index is 2.55. The first-order chi connectivity index (χ1) is 8.59. The summed E-state index contributed by atoms with van der Waals surface area (Å²) < 4.78 is 0.